The smallest absolute Gasteiger partial charge is 0.237 e. The van der Waals surface area contributed by atoms with Crippen LogP contribution in [0.4, 0.5) is 5.69 Å². The summed E-state index contributed by atoms with van der Waals surface area (Å²) in [6, 6.07) is 10.3. The fourth-order valence-corrected chi connectivity index (χ4v) is 1.40. The Morgan fingerprint density at radius 3 is 2.67 bits per heavy atom. The van der Waals surface area contributed by atoms with E-state index < -0.39 is 0 Å². The number of hydrogen-bond donors (Lipinski definition) is 2. The first-order chi connectivity index (χ1) is 8.72. The van der Waals surface area contributed by atoms with E-state index in [1.807, 2.05) is 6.07 Å². The van der Waals surface area contributed by atoms with Crippen molar-refractivity contribution in [3.05, 3.63) is 47.7 Å². The molecular weight excluding hydrogens is 230 g/mol. The number of nitrogen functional groups attached to an aromatic ring is 1. The van der Waals surface area contributed by atoms with Crippen LogP contribution in [0.15, 0.2) is 36.5 Å². The summed E-state index contributed by atoms with van der Waals surface area (Å²) in [6.45, 7) is -0.0240. The van der Waals surface area contributed by atoms with Gasteiger partial charge in [0.05, 0.1) is 18.5 Å². The second-order valence-corrected chi connectivity index (χ2v) is 3.64. The van der Waals surface area contributed by atoms with Crippen LogP contribution >= 0.6 is 0 Å². The molecule has 0 unspecified atom stereocenters. The van der Waals surface area contributed by atoms with E-state index in [1.165, 1.54) is 12.3 Å². The number of benzene rings is 1. The number of anilines is 1. The zero-order valence-corrected chi connectivity index (χ0v) is 9.50. The average Bonchev–Trinajstić information content (AvgIpc) is 2.41. The number of nitrogens with two attached hydrogens (primary N) is 1. The van der Waals surface area contributed by atoms with Crippen LogP contribution in [0.5, 0.6) is 11.6 Å². The van der Waals surface area contributed by atoms with Crippen LogP contribution in [0.2, 0.25) is 0 Å². The van der Waals surface area contributed by atoms with Crippen LogP contribution in [-0.2, 0) is 6.61 Å². The first-order valence-electron chi connectivity index (χ1n) is 5.26. The van der Waals surface area contributed by atoms with Crippen molar-refractivity contribution in [3.8, 4) is 17.7 Å². The molecule has 2 aromatic rings. The number of rotatable bonds is 3. The molecule has 0 aliphatic rings. The lowest BCUT2D eigenvalue weighted by molar-refractivity contribution is 0.281. The number of ether oxygens (including phenoxy) is 1. The zero-order valence-electron chi connectivity index (χ0n) is 9.50. The highest BCUT2D eigenvalue weighted by Gasteiger charge is 2.06. The molecule has 0 aliphatic heterocycles. The van der Waals surface area contributed by atoms with Gasteiger partial charge in [0, 0.05) is 0 Å². The molecule has 5 nitrogen and oxygen atoms in total. The molecule has 0 fully saturated rings. The normalized spacial score (nSPS) is 9.78. The van der Waals surface area contributed by atoms with E-state index in [2.05, 4.69) is 4.98 Å². The van der Waals surface area contributed by atoms with Gasteiger partial charge in [0.2, 0.25) is 5.88 Å². The lowest BCUT2D eigenvalue weighted by atomic mass is 10.2. The van der Waals surface area contributed by atoms with Crippen LogP contribution in [-0.4, -0.2) is 10.1 Å². The summed E-state index contributed by atoms with van der Waals surface area (Å²) in [5, 5.41) is 17.9. The number of aromatic nitrogens is 1. The fourth-order valence-electron chi connectivity index (χ4n) is 1.40. The van der Waals surface area contributed by atoms with Gasteiger partial charge >= 0.3 is 0 Å². The van der Waals surface area contributed by atoms with Gasteiger partial charge in [0.15, 0.2) is 0 Å². The lowest BCUT2D eigenvalue weighted by Gasteiger charge is -2.07. The van der Waals surface area contributed by atoms with Crippen molar-refractivity contribution in [2.24, 2.45) is 0 Å². The van der Waals surface area contributed by atoms with Gasteiger partial charge in [-0.1, -0.05) is 12.1 Å². The van der Waals surface area contributed by atoms with Crippen LogP contribution < -0.4 is 10.5 Å². The molecule has 2 rings (SSSR count). The molecule has 1 heterocycles. The Kier molecular flexibility index (Phi) is 3.41. The van der Waals surface area contributed by atoms with Crippen molar-refractivity contribution in [2.45, 2.75) is 6.61 Å². The van der Waals surface area contributed by atoms with E-state index in [1.54, 1.807) is 24.3 Å². The topological polar surface area (TPSA) is 92.2 Å². The Balaban J connectivity index is 2.25. The number of nitriles is 1. The van der Waals surface area contributed by atoms with E-state index in [4.69, 9.17) is 20.8 Å². The SMILES string of the molecule is N#Cc1cc(N)cnc1Oc1ccc(CO)cc1. The summed E-state index contributed by atoms with van der Waals surface area (Å²) in [7, 11) is 0. The van der Waals surface area contributed by atoms with Gasteiger partial charge in [-0.25, -0.2) is 4.98 Å². The van der Waals surface area contributed by atoms with Crippen molar-refractivity contribution in [3.63, 3.8) is 0 Å². The largest absolute Gasteiger partial charge is 0.438 e. The average molecular weight is 241 g/mol. The van der Waals surface area contributed by atoms with Gasteiger partial charge in [-0.05, 0) is 23.8 Å². The van der Waals surface area contributed by atoms with Crippen molar-refractivity contribution in [2.75, 3.05) is 5.73 Å². The van der Waals surface area contributed by atoms with E-state index in [0.717, 1.165) is 5.56 Å². The van der Waals surface area contributed by atoms with E-state index in [-0.39, 0.29) is 18.1 Å². The third-order valence-electron chi connectivity index (χ3n) is 2.31. The Labute approximate surface area is 104 Å². The minimum absolute atomic E-state index is 0.0240. The molecular formula is C13H11N3O2. The van der Waals surface area contributed by atoms with Gasteiger partial charge in [-0.3, -0.25) is 0 Å². The second kappa shape index (κ2) is 5.17. The van der Waals surface area contributed by atoms with Gasteiger partial charge in [0.1, 0.15) is 17.4 Å². The molecule has 0 radical (unpaired) electrons. The molecule has 0 bridgehead atoms. The quantitative estimate of drug-likeness (QED) is 0.855. The molecule has 1 aromatic carbocycles. The maximum Gasteiger partial charge on any atom is 0.237 e. The molecule has 0 spiro atoms. The summed E-state index contributed by atoms with van der Waals surface area (Å²) in [5.74, 6) is 0.754. The monoisotopic (exact) mass is 241 g/mol. The van der Waals surface area contributed by atoms with Crippen LogP contribution in [0.1, 0.15) is 11.1 Å². The third-order valence-corrected chi connectivity index (χ3v) is 2.31. The Morgan fingerprint density at radius 1 is 1.33 bits per heavy atom. The van der Waals surface area contributed by atoms with E-state index >= 15 is 0 Å². The molecule has 3 N–H and O–H groups in total. The molecule has 0 saturated heterocycles. The molecule has 90 valence electrons. The maximum atomic E-state index is 8.94. The zero-order chi connectivity index (χ0) is 13.0. The van der Waals surface area contributed by atoms with E-state index in [9.17, 15) is 0 Å². The summed E-state index contributed by atoms with van der Waals surface area (Å²) in [5.41, 5.74) is 7.01. The highest BCUT2D eigenvalue weighted by Crippen LogP contribution is 2.24. The molecule has 5 heteroatoms. The fraction of sp³-hybridized carbons (Fsp3) is 0.0769. The van der Waals surface area contributed by atoms with Crippen LogP contribution in [0, 0.1) is 11.3 Å². The molecule has 1 aromatic heterocycles. The van der Waals surface area contributed by atoms with Gasteiger partial charge < -0.3 is 15.6 Å². The molecule has 0 saturated carbocycles. The standard InChI is InChI=1S/C13H11N3O2/c14-6-10-5-11(15)7-16-13(10)18-12-3-1-9(8-17)2-4-12/h1-5,7,17H,8,15H2. The molecule has 0 aliphatic carbocycles. The van der Waals surface area contributed by atoms with Crippen LogP contribution in [0.25, 0.3) is 0 Å². The van der Waals surface area contributed by atoms with E-state index in [0.29, 0.717) is 11.4 Å². The van der Waals surface area contributed by atoms with Crippen molar-refractivity contribution >= 4 is 5.69 Å². The number of aliphatic hydroxyl groups is 1. The predicted molar refractivity (Wildman–Crippen MR) is 65.8 cm³/mol. The number of hydrogen-bond acceptors (Lipinski definition) is 5. The maximum absolute atomic E-state index is 8.94. The van der Waals surface area contributed by atoms with Crippen molar-refractivity contribution in [1.29, 1.82) is 5.26 Å². The minimum Gasteiger partial charge on any atom is -0.438 e. The Morgan fingerprint density at radius 2 is 2.06 bits per heavy atom. The first-order valence-corrected chi connectivity index (χ1v) is 5.26. The highest BCUT2D eigenvalue weighted by molar-refractivity contribution is 5.49. The lowest BCUT2D eigenvalue weighted by Crippen LogP contribution is -1.95. The number of nitrogens with zero attached hydrogens (tertiary/aromatic N) is 2. The Hall–Kier alpha value is -2.58. The third kappa shape index (κ3) is 2.56. The van der Waals surface area contributed by atoms with Gasteiger partial charge in [-0.15, -0.1) is 0 Å². The second-order valence-electron chi connectivity index (χ2n) is 3.64. The molecule has 18 heavy (non-hydrogen) atoms. The number of aliphatic hydroxyl groups excluding tert-OH is 1. The summed E-state index contributed by atoms with van der Waals surface area (Å²) >= 11 is 0. The van der Waals surface area contributed by atoms with Crippen molar-refractivity contribution in [1.82, 2.24) is 4.98 Å². The van der Waals surface area contributed by atoms with Crippen molar-refractivity contribution < 1.29 is 9.84 Å². The van der Waals surface area contributed by atoms with Gasteiger partial charge in [-0.2, -0.15) is 5.26 Å². The highest BCUT2D eigenvalue weighted by atomic mass is 16.5. The summed E-state index contributed by atoms with van der Waals surface area (Å²) < 4.78 is 5.48. The minimum atomic E-state index is -0.0240. The van der Waals surface area contributed by atoms with Gasteiger partial charge in [0.25, 0.3) is 0 Å². The van der Waals surface area contributed by atoms with Crippen LogP contribution in [0.3, 0.4) is 0 Å². The molecule has 0 atom stereocenters. The summed E-state index contributed by atoms with van der Waals surface area (Å²) in [4.78, 5) is 3.97. The predicted octanol–water partition coefficient (Wildman–Crippen LogP) is 1.82. The first kappa shape index (κ1) is 11.9. The molecule has 0 amide bonds. The summed E-state index contributed by atoms with van der Waals surface area (Å²) in [6.07, 6.45) is 1.43. The Bertz CT molecular complexity index is 588. The number of pyridine rings is 1.